The van der Waals surface area contributed by atoms with E-state index in [1.807, 2.05) is 6.08 Å². The Morgan fingerprint density at radius 1 is 0.579 bits per heavy atom. The average molecular weight is 803 g/mol. The number of carbonyl (C=O) groups excluding carboxylic acids is 1. The van der Waals surface area contributed by atoms with Crippen LogP contribution < -0.4 is 0 Å². The topological polar surface area (TPSA) is 135 Å². The van der Waals surface area contributed by atoms with Crippen molar-refractivity contribution in [3.63, 3.8) is 0 Å². The molecule has 1 heterocycles. The Morgan fingerprint density at radius 2 is 1.07 bits per heavy atom. The maximum atomic E-state index is 12.7. The molecule has 0 radical (unpaired) electrons. The van der Waals surface area contributed by atoms with Crippen LogP contribution in [-0.2, 0) is 23.7 Å². The average Bonchev–Trinajstić information content (AvgIpc) is 3.21. The van der Waals surface area contributed by atoms with Crippen molar-refractivity contribution in [2.75, 3.05) is 26.4 Å². The maximum absolute atomic E-state index is 12.7. The second-order valence-corrected chi connectivity index (χ2v) is 15.1. The third-order valence-electron chi connectivity index (χ3n) is 9.89. The van der Waals surface area contributed by atoms with E-state index in [1.165, 1.54) is 89.9 Å². The van der Waals surface area contributed by atoms with Gasteiger partial charge in [-0.3, -0.25) is 4.79 Å². The van der Waals surface area contributed by atoms with E-state index in [2.05, 4.69) is 74.6 Å². The van der Waals surface area contributed by atoms with E-state index in [1.54, 1.807) is 6.08 Å². The minimum Gasteiger partial charge on any atom is -0.457 e. The van der Waals surface area contributed by atoms with Crippen molar-refractivity contribution < 1.29 is 44.2 Å². The zero-order valence-electron chi connectivity index (χ0n) is 35.8. The number of aliphatic hydroxyl groups excluding tert-OH is 4. The Labute approximate surface area is 347 Å². The number of allylic oxidation sites excluding steroid dienone is 11. The fraction of sp³-hybridized carbons (Fsp3) is 0.729. The molecule has 1 aliphatic rings. The summed E-state index contributed by atoms with van der Waals surface area (Å²) in [4.78, 5) is 12.7. The van der Waals surface area contributed by atoms with E-state index in [0.717, 1.165) is 44.9 Å². The van der Waals surface area contributed by atoms with E-state index < -0.39 is 49.4 Å². The summed E-state index contributed by atoms with van der Waals surface area (Å²) in [5, 5.41) is 40.1. The van der Waals surface area contributed by atoms with Gasteiger partial charge in [-0.2, -0.15) is 0 Å². The third kappa shape index (κ3) is 30.4. The van der Waals surface area contributed by atoms with Gasteiger partial charge in [-0.1, -0.05) is 164 Å². The molecule has 0 aliphatic carbocycles. The minimum atomic E-state index is -1.56. The summed E-state index contributed by atoms with van der Waals surface area (Å²) < 4.78 is 22.7. The molecule has 4 N–H and O–H groups in total. The third-order valence-corrected chi connectivity index (χ3v) is 9.89. The largest absolute Gasteiger partial charge is 0.457 e. The number of carbonyl (C=O) groups is 1. The van der Waals surface area contributed by atoms with E-state index in [9.17, 15) is 25.2 Å². The summed E-state index contributed by atoms with van der Waals surface area (Å²) in [7, 11) is 0. The molecule has 9 heteroatoms. The van der Waals surface area contributed by atoms with Crippen molar-refractivity contribution in [3.8, 4) is 0 Å². The van der Waals surface area contributed by atoms with E-state index in [4.69, 9.17) is 18.9 Å². The smallest absolute Gasteiger partial charge is 0.310 e. The van der Waals surface area contributed by atoms with E-state index in [0.29, 0.717) is 13.0 Å². The lowest BCUT2D eigenvalue weighted by Gasteiger charge is -2.39. The number of hydrogen-bond acceptors (Lipinski definition) is 9. The molecule has 0 saturated carbocycles. The number of hydrogen-bond donors (Lipinski definition) is 4. The van der Waals surface area contributed by atoms with Crippen LogP contribution in [0.3, 0.4) is 0 Å². The minimum absolute atomic E-state index is 0.0834. The maximum Gasteiger partial charge on any atom is 0.310 e. The molecule has 1 rings (SSSR count). The normalized spacial score (nSPS) is 21.1. The summed E-state index contributed by atoms with van der Waals surface area (Å²) in [6.07, 6.45) is 43.9. The predicted octanol–water partition coefficient (Wildman–Crippen LogP) is 10.1. The monoisotopic (exact) mass is 803 g/mol. The molecule has 6 atom stereocenters. The highest BCUT2D eigenvalue weighted by Crippen LogP contribution is 2.22. The Hall–Kier alpha value is -2.37. The number of esters is 1. The highest BCUT2D eigenvalue weighted by molar-refractivity contribution is 5.71. The van der Waals surface area contributed by atoms with Gasteiger partial charge in [0, 0.05) is 6.61 Å². The lowest BCUT2D eigenvalue weighted by molar-refractivity contribution is -0.305. The highest BCUT2D eigenvalue weighted by atomic mass is 16.7. The highest BCUT2D eigenvalue weighted by Gasteiger charge is 2.44. The molecular formula is C48H82O9. The standard InChI is InChI=1S/C48H82O9/c1-3-5-7-9-11-13-15-17-19-20-21-22-24-26-28-30-32-34-36-38-54-40-42(41-55-48-47(53)46(52)45(51)43(39-49)57-48)56-44(50)37-35-33-31-29-27-25-23-18-16-14-12-10-8-6-4-2/h6,8,12,14,18-20,23,27,29,33,35,42-43,45-49,51-53H,3-5,7,9-11,13,15-17,21-22,24-26,28,30-32,34,36-41H2,1-2H3/b8-6-,14-12-,20-19-,23-18-,29-27-,35-33-. The Balaban J connectivity index is 2.32. The fourth-order valence-corrected chi connectivity index (χ4v) is 6.38. The molecule has 0 spiro atoms. The molecule has 1 aliphatic heterocycles. The molecule has 0 bridgehead atoms. The van der Waals surface area contributed by atoms with Gasteiger partial charge in [0.2, 0.25) is 0 Å². The summed E-state index contributed by atoms with van der Waals surface area (Å²) >= 11 is 0. The van der Waals surface area contributed by atoms with Crippen LogP contribution in [0.15, 0.2) is 72.9 Å². The molecule has 57 heavy (non-hydrogen) atoms. The molecule has 1 saturated heterocycles. The summed E-state index contributed by atoms with van der Waals surface area (Å²) in [5.41, 5.74) is 0. The van der Waals surface area contributed by atoms with Gasteiger partial charge in [0.25, 0.3) is 0 Å². The molecule has 0 aromatic rings. The van der Waals surface area contributed by atoms with Gasteiger partial charge in [-0.25, -0.2) is 0 Å². The van der Waals surface area contributed by atoms with Crippen LogP contribution in [0.4, 0.5) is 0 Å². The van der Waals surface area contributed by atoms with Gasteiger partial charge in [-0.05, 0) is 64.2 Å². The van der Waals surface area contributed by atoms with E-state index in [-0.39, 0.29) is 19.6 Å². The molecule has 9 nitrogen and oxygen atoms in total. The zero-order valence-corrected chi connectivity index (χ0v) is 35.8. The lowest BCUT2D eigenvalue weighted by Crippen LogP contribution is -2.59. The van der Waals surface area contributed by atoms with Crippen molar-refractivity contribution in [1.29, 1.82) is 0 Å². The first-order chi connectivity index (χ1) is 27.9. The first-order valence-electron chi connectivity index (χ1n) is 22.5. The van der Waals surface area contributed by atoms with Gasteiger partial charge < -0.3 is 39.4 Å². The van der Waals surface area contributed by atoms with Crippen LogP contribution >= 0.6 is 0 Å². The first kappa shape index (κ1) is 52.6. The predicted molar refractivity (Wildman–Crippen MR) is 233 cm³/mol. The lowest BCUT2D eigenvalue weighted by atomic mass is 9.99. The molecule has 1 fully saturated rings. The van der Waals surface area contributed by atoms with Gasteiger partial charge in [0.05, 0.1) is 26.2 Å². The van der Waals surface area contributed by atoms with Crippen molar-refractivity contribution in [2.24, 2.45) is 0 Å². The van der Waals surface area contributed by atoms with Gasteiger partial charge in [-0.15, -0.1) is 0 Å². The second kappa shape index (κ2) is 39.1. The van der Waals surface area contributed by atoms with Crippen LogP contribution in [-0.4, -0.2) is 89.6 Å². The van der Waals surface area contributed by atoms with Crippen molar-refractivity contribution in [3.05, 3.63) is 72.9 Å². The van der Waals surface area contributed by atoms with Crippen molar-refractivity contribution >= 4 is 5.97 Å². The number of aliphatic hydroxyl groups is 4. The number of unbranched alkanes of at least 4 members (excludes halogenated alkanes) is 15. The van der Waals surface area contributed by atoms with Gasteiger partial charge in [0.1, 0.15) is 30.5 Å². The molecular weight excluding hydrogens is 721 g/mol. The van der Waals surface area contributed by atoms with Crippen LogP contribution in [0, 0.1) is 0 Å². The Bertz CT molecular complexity index is 1100. The summed E-state index contributed by atoms with van der Waals surface area (Å²) in [6.45, 7) is 4.30. The molecule has 0 aromatic heterocycles. The Kier molecular flexibility index (Phi) is 36.1. The number of ether oxygens (including phenoxy) is 4. The number of rotatable bonds is 37. The zero-order chi connectivity index (χ0) is 41.4. The first-order valence-corrected chi connectivity index (χ1v) is 22.5. The SMILES string of the molecule is CC/C=C\C/C=C\C/C=C\C/C=C\C/C=C\CC(=O)OC(COCCCCCCCCCC/C=C\CCCCCCCCC)COC1OC(CO)C(O)C(O)C1O. The molecule has 0 aromatic carbocycles. The summed E-state index contributed by atoms with van der Waals surface area (Å²) in [5.74, 6) is -0.443. The van der Waals surface area contributed by atoms with Crippen LogP contribution in [0.1, 0.15) is 162 Å². The molecule has 6 unspecified atom stereocenters. The van der Waals surface area contributed by atoms with Crippen molar-refractivity contribution in [2.45, 2.75) is 198 Å². The Morgan fingerprint density at radius 3 is 1.60 bits per heavy atom. The van der Waals surface area contributed by atoms with Gasteiger partial charge >= 0.3 is 5.97 Å². The van der Waals surface area contributed by atoms with Crippen LogP contribution in [0.2, 0.25) is 0 Å². The van der Waals surface area contributed by atoms with E-state index >= 15 is 0 Å². The molecule has 328 valence electrons. The van der Waals surface area contributed by atoms with Gasteiger partial charge in [0.15, 0.2) is 6.29 Å². The second-order valence-electron chi connectivity index (χ2n) is 15.1. The van der Waals surface area contributed by atoms with Crippen LogP contribution in [0.5, 0.6) is 0 Å². The van der Waals surface area contributed by atoms with Crippen LogP contribution in [0.25, 0.3) is 0 Å². The fourth-order valence-electron chi connectivity index (χ4n) is 6.38. The molecule has 0 amide bonds. The quantitative estimate of drug-likeness (QED) is 0.0275. The summed E-state index contributed by atoms with van der Waals surface area (Å²) in [6, 6.07) is 0. The van der Waals surface area contributed by atoms with Crippen molar-refractivity contribution in [1.82, 2.24) is 0 Å².